The summed E-state index contributed by atoms with van der Waals surface area (Å²) in [5, 5.41) is 2.72. The lowest BCUT2D eigenvalue weighted by Gasteiger charge is -2.31. The molecule has 0 saturated carbocycles. The zero-order valence-electron chi connectivity index (χ0n) is 11.9. The molecule has 116 valence electrons. The van der Waals surface area contributed by atoms with Crippen molar-refractivity contribution >= 4 is 15.9 Å². The zero-order chi connectivity index (χ0) is 15.5. The molecule has 1 fully saturated rings. The number of nitrogens with zero attached hydrogens (tertiary/aromatic N) is 1. The molecule has 1 aliphatic rings. The van der Waals surface area contributed by atoms with Gasteiger partial charge in [0.25, 0.3) is 0 Å². The summed E-state index contributed by atoms with van der Waals surface area (Å²) < 4.78 is 39.2. The zero-order valence-corrected chi connectivity index (χ0v) is 12.7. The summed E-state index contributed by atoms with van der Waals surface area (Å²) in [5.41, 5.74) is 0. The fraction of sp³-hybridized carbons (Fsp3) is 0.500. The third-order valence-electron chi connectivity index (χ3n) is 3.56. The molecule has 1 N–H and O–H groups in total. The number of hydrogen-bond donors (Lipinski definition) is 1. The largest absolute Gasteiger partial charge is 0.356 e. The molecule has 21 heavy (non-hydrogen) atoms. The lowest BCUT2D eigenvalue weighted by atomic mass is 9.99. The predicted molar refractivity (Wildman–Crippen MR) is 76.6 cm³/mol. The van der Waals surface area contributed by atoms with Gasteiger partial charge in [-0.1, -0.05) is 0 Å². The van der Waals surface area contributed by atoms with E-state index in [1.165, 1.54) is 16.4 Å². The highest BCUT2D eigenvalue weighted by molar-refractivity contribution is 7.89. The second kappa shape index (κ2) is 6.53. The molecule has 7 heteroatoms. The monoisotopic (exact) mass is 314 g/mol. The molecular formula is C14H19FN2O3S. The van der Waals surface area contributed by atoms with Crippen molar-refractivity contribution in [2.45, 2.75) is 24.7 Å². The van der Waals surface area contributed by atoms with Crippen LogP contribution in [0.4, 0.5) is 4.39 Å². The van der Waals surface area contributed by atoms with Crippen molar-refractivity contribution in [3.05, 3.63) is 30.1 Å². The van der Waals surface area contributed by atoms with Gasteiger partial charge in [-0.3, -0.25) is 4.79 Å². The number of sulfonamides is 1. The highest BCUT2D eigenvalue weighted by Gasteiger charge is 2.33. The second-order valence-corrected chi connectivity index (χ2v) is 6.99. The first-order valence-corrected chi connectivity index (χ1v) is 8.42. The quantitative estimate of drug-likeness (QED) is 0.912. The lowest BCUT2D eigenvalue weighted by Crippen LogP contribution is -2.45. The van der Waals surface area contributed by atoms with Gasteiger partial charge in [-0.2, -0.15) is 4.31 Å². The molecule has 0 spiro atoms. The minimum atomic E-state index is -3.67. The van der Waals surface area contributed by atoms with Crippen LogP contribution in [0.15, 0.2) is 29.2 Å². The van der Waals surface area contributed by atoms with Crippen molar-refractivity contribution in [3.63, 3.8) is 0 Å². The van der Waals surface area contributed by atoms with Crippen molar-refractivity contribution < 1.29 is 17.6 Å². The Morgan fingerprint density at radius 2 is 2.05 bits per heavy atom. The van der Waals surface area contributed by atoms with Crippen LogP contribution < -0.4 is 5.32 Å². The van der Waals surface area contributed by atoms with Crippen molar-refractivity contribution in [2.24, 2.45) is 5.92 Å². The molecule has 0 aromatic heterocycles. The van der Waals surface area contributed by atoms with Crippen LogP contribution >= 0.6 is 0 Å². The maximum absolute atomic E-state index is 12.9. The Morgan fingerprint density at radius 1 is 1.38 bits per heavy atom. The van der Waals surface area contributed by atoms with Crippen LogP contribution in [-0.4, -0.2) is 38.3 Å². The van der Waals surface area contributed by atoms with Gasteiger partial charge < -0.3 is 5.32 Å². The Bertz CT molecular complexity index is 601. The van der Waals surface area contributed by atoms with Crippen LogP contribution in [0, 0.1) is 11.7 Å². The summed E-state index contributed by atoms with van der Waals surface area (Å²) in [6.07, 6.45) is 1.32. The Labute approximate surface area is 124 Å². The smallest absolute Gasteiger partial charge is 0.243 e. The maximum Gasteiger partial charge on any atom is 0.243 e. The topological polar surface area (TPSA) is 66.5 Å². The average molecular weight is 314 g/mol. The molecule has 1 aliphatic heterocycles. The number of carbonyl (C=O) groups is 1. The van der Waals surface area contributed by atoms with E-state index in [9.17, 15) is 17.6 Å². The van der Waals surface area contributed by atoms with E-state index < -0.39 is 15.8 Å². The van der Waals surface area contributed by atoms with E-state index in [1.54, 1.807) is 0 Å². The first-order valence-electron chi connectivity index (χ1n) is 6.98. The molecule has 2 rings (SSSR count). The summed E-state index contributed by atoms with van der Waals surface area (Å²) >= 11 is 0. The normalized spacial score (nSPS) is 20.2. The van der Waals surface area contributed by atoms with Crippen molar-refractivity contribution in [3.8, 4) is 0 Å². The molecule has 1 saturated heterocycles. The summed E-state index contributed by atoms with van der Waals surface area (Å²) in [7, 11) is -3.67. The molecule has 5 nitrogen and oxygen atoms in total. The highest BCUT2D eigenvalue weighted by atomic mass is 32.2. The number of amides is 1. The van der Waals surface area contributed by atoms with Gasteiger partial charge in [-0.25, -0.2) is 12.8 Å². The Kier molecular flexibility index (Phi) is 4.95. The van der Waals surface area contributed by atoms with Crippen molar-refractivity contribution in [1.29, 1.82) is 0 Å². The summed E-state index contributed by atoms with van der Waals surface area (Å²) in [6.45, 7) is 2.91. The van der Waals surface area contributed by atoms with Gasteiger partial charge in [-0.15, -0.1) is 0 Å². The fourth-order valence-electron chi connectivity index (χ4n) is 2.45. The number of hydrogen-bond acceptors (Lipinski definition) is 3. The first kappa shape index (κ1) is 15.9. The Balaban J connectivity index is 2.16. The molecule has 0 unspecified atom stereocenters. The number of nitrogens with one attached hydrogen (secondary N) is 1. The van der Waals surface area contributed by atoms with E-state index in [2.05, 4.69) is 5.32 Å². The van der Waals surface area contributed by atoms with Crippen LogP contribution in [0.3, 0.4) is 0 Å². The van der Waals surface area contributed by atoms with Crippen LogP contribution in [0.1, 0.15) is 19.8 Å². The van der Waals surface area contributed by atoms with E-state index in [0.29, 0.717) is 25.9 Å². The third-order valence-corrected chi connectivity index (χ3v) is 5.44. The maximum atomic E-state index is 12.9. The van der Waals surface area contributed by atoms with E-state index in [1.807, 2.05) is 6.92 Å². The van der Waals surface area contributed by atoms with Gasteiger partial charge in [0, 0.05) is 19.6 Å². The van der Waals surface area contributed by atoms with Gasteiger partial charge in [0.05, 0.1) is 10.8 Å². The van der Waals surface area contributed by atoms with Gasteiger partial charge in [-0.05, 0) is 44.0 Å². The highest BCUT2D eigenvalue weighted by Crippen LogP contribution is 2.24. The van der Waals surface area contributed by atoms with Gasteiger partial charge in [0.1, 0.15) is 5.82 Å². The SMILES string of the molecule is CCNC(=O)[C@@H]1CCCN(S(=O)(=O)c2ccc(F)cc2)C1. The van der Waals surface area contributed by atoms with Crippen LogP contribution in [-0.2, 0) is 14.8 Å². The minimum absolute atomic E-state index is 0.0560. The molecular weight excluding hydrogens is 295 g/mol. The number of halogens is 1. The van der Waals surface area contributed by atoms with E-state index >= 15 is 0 Å². The molecule has 0 aliphatic carbocycles. The fourth-order valence-corrected chi connectivity index (χ4v) is 3.97. The number of benzene rings is 1. The van der Waals surface area contributed by atoms with E-state index in [4.69, 9.17) is 0 Å². The molecule has 1 atom stereocenters. The number of piperidine rings is 1. The van der Waals surface area contributed by atoms with Crippen molar-refractivity contribution in [2.75, 3.05) is 19.6 Å². The first-order chi connectivity index (χ1) is 9.95. The minimum Gasteiger partial charge on any atom is -0.356 e. The number of rotatable bonds is 4. The Morgan fingerprint density at radius 3 is 2.67 bits per heavy atom. The molecule has 0 bridgehead atoms. The summed E-state index contributed by atoms with van der Waals surface area (Å²) in [6, 6.07) is 4.75. The van der Waals surface area contributed by atoms with Gasteiger partial charge >= 0.3 is 0 Å². The standard InChI is InChI=1S/C14H19FN2O3S/c1-2-16-14(18)11-4-3-9-17(10-11)21(19,20)13-7-5-12(15)6-8-13/h5-8,11H,2-4,9-10H2,1H3,(H,16,18)/t11-/m1/s1. The molecule has 1 amide bonds. The van der Waals surface area contributed by atoms with Crippen LogP contribution in [0.25, 0.3) is 0 Å². The second-order valence-electron chi connectivity index (χ2n) is 5.05. The third kappa shape index (κ3) is 3.59. The average Bonchev–Trinajstić information content (AvgIpc) is 2.48. The molecule has 1 aromatic rings. The molecule has 0 radical (unpaired) electrons. The van der Waals surface area contributed by atoms with Gasteiger partial charge in [0.15, 0.2) is 0 Å². The summed E-state index contributed by atoms with van der Waals surface area (Å²) in [4.78, 5) is 11.9. The van der Waals surface area contributed by atoms with E-state index in [0.717, 1.165) is 12.1 Å². The number of carbonyl (C=O) groups excluding carboxylic acids is 1. The Hall–Kier alpha value is -1.47. The van der Waals surface area contributed by atoms with E-state index in [-0.39, 0.29) is 23.3 Å². The lowest BCUT2D eigenvalue weighted by molar-refractivity contribution is -0.125. The van der Waals surface area contributed by atoms with Crippen LogP contribution in [0.5, 0.6) is 0 Å². The van der Waals surface area contributed by atoms with Gasteiger partial charge in [0.2, 0.25) is 15.9 Å². The van der Waals surface area contributed by atoms with Crippen LogP contribution in [0.2, 0.25) is 0 Å². The summed E-state index contributed by atoms with van der Waals surface area (Å²) in [5.74, 6) is -0.918. The molecule has 1 aromatic carbocycles. The predicted octanol–water partition coefficient (Wildman–Crippen LogP) is 1.36. The molecule has 1 heterocycles. The van der Waals surface area contributed by atoms with Crippen molar-refractivity contribution in [1.82, 2.24) is 9.62 Å².